The minimum absolute atomic E-state index is 0.190. The third-order valence-electron chi connectivity index (χ3n) is 2.69. The molecule has 0 aromatic carbocycles. The van der Waals surface area contributed by atoms with Gasteiger partial charge in [0.15, 0.2) is 0 Å². The third-order valence-corrected chi connectivity index (χ3v) is 2.69. The van der Waals surface area contributed by atoms with E-state index in [4.69, 9.17) is 4.74 Å². The first kappa shape index (κ1) is 14.6. The molecule has 1 atom stereocenters. The number of ether oxygens (including phenoxy) is 1. The van der Waals surface area contributed by atoms with Gasteiger partial charge in [0.05, 0.1) is 7.11 Å². The SMILES string of the molecule is COC(=O)C(CC(C)C)NCCc1ccccn1. The van der Waals surface area contributed by atoms with Crippen LogP contribution in [0, 0.1) is 5.92 Å². The van der Waals surface area contributed by atoms with Crippen LogP contribution >= 0.6 is 0 Å². The molecule has 0 aliphatic carbocycles. The fourth-order valence-corrected chi connectivity index (χ4v) is 1.80. The molecule has 1 aromatic rings. The highest BCUT2D eigenvalue weighted by atomic mass is 16.5. The lowest BCUT2D eigenvalue weighted by Crippen LogP contribution is -2.39. The lowest BCUT2D eigenvalue weighted by molar-refractivity contribution is -0.143. The molecule has 0 fully saturated rings. The number of esters is 1. The maximum absolute atomic E-state index is 11.6. The van der Waals surface area contributed by atoms with E-state index in [0.717, 1.165) is 25.1 Å². The number of nitrogens with one attached hydrogen (secondary N) is 1. The van der Waals surface area contributed by atoms with Gasteiger partial charge in [-0.25, -0.2) is 0 Å². The Hall–Kier alpha value is -1.42. The fourth-order valence-electron chi connectivity index (χ4n) is 1.80. The van der Waals surface area contributed by atoms with Gasteiger partial charge in [0.1, 0.15) is 6.04 Å². The lowest BCUT2D eigenvalue weighted by Gasteiger charge is -2.18. The fraction of sp³-hybridized carbons (Fsp3) is 0.571. The number of carbonyl (C=O) groups excluding carboxylic acids is 1. The molecule has 1 aromatic heterocycles. The number of methoxy groups -OCH3 is 1. The monoisotopic (exact) mass is 250 g/mol. The van der Waals surface area contributed by atoms with Gasteiger partial charge in [0.2, 0.25) is 0 Å². The van der Waals surface area contributed by atoms with E-state index in [1.54, 1.807) is 6.20 Å². The first-order valence-corrected chi connectivity index (χ1v) is 6.34. The Morgan fingerprint density at radius 1 is 1.44 bits per heavy atom. The van der Waals surface area contributed by atoms with Gasteiger partial charge in [-0.05, 0) is 24.5 Å². The van der Waals surface area contributed by atoms with Crippen molar-refractivity contribution < 1.29 is 9.53 Å². The summed E-state index contributed by atoms with van der Waals surface area (Å²) < 4.78 is 4.80. The summed E-state index contributed by atoms with van der Waals surface area (Å²) in [7, 11) is 1.43. The van der Waals surface area contributed by atoms with Crippen molar-refractivity contribution in [2.75, 3.05) is 13.7 Å². The van der Waals surface area contributed by atoms with Crippen LogP contribution in [-0.4, -0.2) is 30.6 Å². The molecule has 18 heavy (non-hydrogen) atoms. The van der Waals surface area contributed by atoms with Gasteiger partial charge >= 0.3 is 5.97 Å². The topological polar surface area (TPSA) is 51.2 Å². The second-order valence-electron chi connectivity index (χ2n) is 4.73. The first-order chi connectivity index (χ1) is 8.63. The quantitative estimate of drug-likeness (QED) is 0.750. The zero-order valence-electron chi connectivity index (χ0n) is 11.3. The number of rotatable bonds is 7. The maximum Gasteiger partial charge on any atom is 0.322 e. The molecule has 0 radical (unpaired) electrons. The number of aromatic nitrogens is 1. The van der Waals surface area contributed by atoms with E-state index in [-0.39, 0.29) is 12.0 Å². The molecule has 1 unspecified atom stereocenters. The molecule has 1 rings (SSSR count). The standard InChI is InChI=1S/C14H22N2O2/c1-11(2)10-13(14(17)18-3)16-9-7-12-6-4-5-8-15-12/h4-6,8,11,13,16H,7,9-10H2,1-3H3. The number of hydrogen-bond acceptors (Lipinski definition) is 4. The summed E-state index contributed by atoms with van der Waals surface area (Å²) in [6.07, 6.45) is 3.38. The van der Waals surface area contributed by atoms with Crippen LogP contribution in [0.25, 0.3) is 0 Å². The van der Waals surface area contributed by atoms with Crippen molar-refractivity contribution in [3.05, 3.63) is 30.1 Å². The van der Waals surface area contributed by atoms with Gasteiger partial charge in [-0.3, -0.25) is 9.78 Å². The van der Waals surface area contributed by atoms with Crippen molar-refractivity contribution in [3.63, 3.8) is 0 Å². The smallest absolute Gasteiger partial charge is 0.322 e. The molecule has 0 aliphatic rings. The summed E-state index contributed by atoms with van der Waals surface area (Å²) in [4.78, 5) is 15.8. The highest BCUT2D eigenvalue weighted by Crippen LogP contribution is 2.06. The van der Waals surface area contributed by atoms with Gasteiger partial charge < -0.3 is 10.1 Å². The predicted molar refractivity (Wildman–Crippen MR) is 71.2 cm³/mol. The average Bonchev–Trinajstić information content (AvgIpc) is 2.37. The molecule has 0 amide bonds. The number of pyridine rings is 1. The van der Waals surface area contributed by atoms with Crippen molar-refractivity contribution >= 4 is 5.97 Å². The molecule has 0 saturated heterocycles. The average molecular weight is 250 g/mol. The molecule has 0 saturated carbocycles. The van der Waals surface area contributed by atoms with Crippen molar-refractivity contribution in [1.29, 1.82) is 0 Å². The Bertz CT molecular complexity index is 352. The van der Waals surface area contributed by atoms with Crippen molar-refractivity contribution in [1.82, 2.24) is 10.3 Å². The van der Waals surface area contributed by atoms with E-state index in [0.29, 0.717) is 5.92 Å². The third kappa shape index (κ3) is 5.27. The van der Waals surface area contributed by atoms with Gasteiger partial charge in [0.25, 0.3) is 0 Å². The molecule has 1 N–H and O–H groups in total. The van der Waals surface area contributed by atoms with Crippen molar-refractivity contribution in [2.24, 2.45) is 5.92 Å². The van der Waals surface area contributed by atoms with Crippen LogP contribution in [0.2, 0.25) is 0 Å². The number of carbonyl (C=O) groups is 1. The summed E-state index contributed by atoms with van der Waals surface area (Å²) in [5.41, 5.74) is 1.03. The van der Waals surface area contributed by atoms with Gasteiger partial charge in [0, 0.05) is 24.9 Å². The zero-order chi connectivity index (χ0) is 13.4. The first-order valence-electron chi connectivity index (χ1n) is 6.34. The van der Waals surface area contributed by atoms with Crippen molar-refractivity contribution in [2.45, 2.75) is 32.7 Å². The summed E-state index contributed by atoms with van der Waals surface area (Å²) in [5.74, 6) is 0.265. The summed E-state index contributed by atoms with van der Waals surface area (Å²) in [6.45, 7) is 4.91. The van der Waals surface area contributed by atoms with Crippen molar-refractivity contribution in [3.8, 4) is 0 Å². The van der Waals surface area contributed by atoms with E-state index in [2.05, 4.69) is 24.1 Å². The summed E-state index contributed by atoms with van der Waals surface area (Å²) in [6, 6.07) is 5.62. The largest absolute Gasteiger partial charge is 0.468 e. The Morgan fingerprint density at radius 3 is 2.78 bits per heavy atom. The molecule has 0 aliphatic heterocycles. The van der Waals surface area contributed by atoms with E-state index in [1.165, 1.54) is 7.11 Å². The maximum atomic E-state index is 11.6. The molecular weight excluding hydrogens is 228 g/mol. The molecule has 1 heterocycles. The minimum atomic E-state index is -0.223. The summed E-state index contributed by atoms with van der Waals surface area (Å²) >= 11 is 0. The Kier molecular flexibility index (Phi) is 6.36. The van der Waals surface area contributed by atoms with Crippen LogP contribution in [0.4, 0.5) is 0 Å². The Morgan fingerprint density at radius 2 is 2.22 bits per heavy atom. The number of nitrogens with zero attached hydrogens (tertiary/aromatic N) is 1. The predicted octanol–water partition coefficient (Wildman–Crippen LogP) is 1.80. The second-order valence-corrected chi connectivity index (χ2v) is 4.73. The molecule has 100 valence electrons. The molecular formula is C14H22N2O2. The number of hydrogen-bond donors (Lipinski definition) is 1. The second kappa shape index (κ2) is 7.82. The van der Waals surface area contributed by atoms with Gasteiger partial charge in [-0.15, -0.1) is 0 Å². The van der Waals surface area contributed by atoms with E-state index < -0.39 is 0 Å². The van der Waals surface area contributed by atoms with E-state index in [1.807, 2.05) is 18.2 Å². The van der Waals surface area contributed by atoms with Crippen LogP contribution in [0.15, 0.2) is 24.4 Å². The van der Waals surface area contributed by atoms with Crippen LogP contribution in [0.3, 0.4) is 0 Å². The normalized spacial score (nSPS) is 12.4. The van der Waals surface area contributed by atoms with Crippen LogP contribution in [0.1, 0.15) is 26.0 Å². The Balaban J connectivity index is 2.40. The van der Waals surface area contributed by atoms with E-state index in [9.17, 15) is 4.79 Å². The molecule has 4 heteroatoms. The zero-order valence-corrected chi connectivity index (χ0v) is 11.3. The van der Waals surface area contributed by atoms with Crippen LogP contribution < -0.4 is 5.32 Å². The van der Waals surface area contributed by atoms with E-state index >= 15 is 0 Å². The Labute approximate surface area is 109 Å². The molecule has 4 nitrogen and oxygen atoms in total. The van der Waals surface area contributed by atoms with Crippen LogP contribution in [-0.2, 0) is 16.0 Å². The van der Waals surface area contributed by atoms with Gasteiger partial charge in [-0.2, -0.15) is 0 Å². The minimum Gasteiger partial charge on any atom is -0.468 e. The highest BCUT2D eigenvalue weighted by molar-refractivity contribution is 5.75. The lowest BCUT2D eigenvalue weighted by atomic mass is 10.0. The molecule has 0 bridgehead atoms. The summed E-state index contributed by atoms with van der Waals surface area (Å²) in [5, 5.41) is 3.24. The van der Waals surface area contributed by atoms with Gasteiger partial charge in [-0.1, -0.05) is 19.9 Å². The highest BCUT2D eigenvalue weighted by Gasteiger charge is 2.19. The van der Waals surface area contributed by atoms with Crippen LogP contribution in [0.5, 0.6) is 0 Å². The molecule has 0 spiro atoms.